The molecule has 2 nitrogen and oxygen atoms in total. The Balaban J connectivity index is 2.38. The Kier molecular flexibility index (Phi) is 4.48. The van der Waals surface area contributed by atoms with Crippen molar-refractivity contribution in [1.29, 1.82) is 0 Å². The second-order valence-electron chi connectivity index (χ2n) is 5.82. The first-order valence-electron chi connectivity index (χ1n) is 8.01. The topological polar surface area (TPSA) is 26.3 Å². The van der Waals surface area contributed by atoms with Gasteiger partial charge in [0.1, 0.15) is 0 Å². The van der Waals surface area contributed by atoms with Crippen molar-refractivity contribution in [2.75, 3.05) is 0 Å². The highest BCUT2D eigenvalue weighted by atomic mass is 16.6. The molecule has 120 valence electrons. The normalized spacial score (nSPS) is 11.1. The Labute approximate surface area is 142 Å². The van der Waals surface area contributed by atoms with E-state index in [1.807, 2.05) is 91.9 Å². The molecule has 0 saturated carbocycles. The average Bonchev–Trinajstić information content (AvgIpc) is 2.62. The zero-order valence-electron chi connectivity index (χ0n) is 13.9. The number of hydrogen-bond acceptors (Lipinski definition) is 2. The molecule has 3 aromatic carbocycles. The fourth-order valence-corrected chi connectivity index (χ4v) is 3.18. The molecule has 24 heavy (non-hydrogen) atoms. The number of carbonyl (C=O) groups excluding carboxylic acids is 1. The Hall–Kier alpha value is -2.87. The van der Waals surface area contributed by atoms with Gasteiger partial charge in [-0.2, -0.15) is 0 Å². The lowest BCUT2D eigenvalue weighted by Gasteiger charge is -2.36. The highest BCUT2D eigenvalue weighted by Gasteiger charge is 2.40. The molecule has 0 heterocycles. The summed E-state index contributed by atoms with van der Waals surface area (Å²) in [5.74, 6) is -0.314. The van der Waals surface area contributed by atoms with Gasteiger partial charge in [-0.15, -0.1) is 0 Å². The van der Waals surface area contributed by atoms with Crippen molar-refractivity contribution in [3.63, 3.8) is 0 Å². The molecule has 0 spiro atoms. The maximum Gasteiger partial charge on any atom is 0.304 e. The van der Waals surface area contributed by atoms with Gasteiger partial charge in [0.25, 0.3) is 0 Å². The molecule has 0 radical (unpaired) electrons. The highest BCUT2D eigenvalue weighted by Crippen LogP contribution is 2.41. The predicted octanol–water partition coefficient (Wildman–Crippen LogP) is 4.85. The minimum atomic E-state index is -0.959. The summed E-state index contributed by atoms with van der Waals surface area (Å²) in [7, 11) is 0. The van der Waals surface area contributed by atoms with Crippen LogP contribution in [0, 0.1) is 6.92 Å². The number of carbonyl (C=O) groups is 1. The van der Waals surface area contributed by atoms with Crippen LogP contribution >= 0.6 is 0 Å². The van der Waals surface area contributed by atoms with E-state index >= 15 is 0 Å². The summed E-state index contributed by atoms with van der Waals surface area (Å²) < 4.78 is 6.04. The smallest absolute Gasteiger partial charge is 0.304 e. The summed E-state index contributed by atoms with van der Waals surface area (Å²) in [5.41, 5.74) is 2.95. The summed E-state index contributed by atoms with van der Waals surface area (Å²) in [4.78, 5) is 12.1. The average molecular weight is 316 g/mol. The van der Waals surface area contributed by atoms with Crippen molar-refractivity contribution in [2.24, 2.45) is 0 Å². The lowest BCUT2D eigenvalue weighted by atomic mass is 9.78. The van der Waals surface area contributed by atoms with E-state index in [1.165, 1.54) is 6.92 Å². The highest BCUT2D eigenvalue weighted by molar-refractivity contribution is 5.69. The van der Waals surface area contributed by atoms with Crippen molar-refractivity contribution < 1.29 is 9.53 Å². The first kappa shape index (κ1) is 16.0. The number of esters is 1. The van der Waals surface area contributed by atoms with Crippen molar-refractivity contribution in [3.05, 3.63) is 107 Å². The van der Waals surface area contributed by atoms with Crippen LogP contribution in [0.2, 0.25) is 0 Å². The van der Waals surface area contributed by atoms with E-state index in [0.717, 1.165) is 22.3 Å². The SMILES string of the molecule is CC(=O)OC(c1ccccc1)(c1ccccc1)c1ccccc1C. The van der Waals surface area contributed by atoms with E-state index in [1.54, 1.807) is 0 Å². The lowest BCUT2D eigenvalue weighted by molar-refractivity contribution is -0.150. The molecule has 0 atom stereocenters. The monoisotopic (exact) mass is 316 g/mol. The number of ether oxygens (including phenoxy) is 1. The number of aryl methyl sites for hydroxylation is 1. The number of hydrogen-bond donors (Lipinski definition) is 0. The molecule has 0 saturated heterocycles. The van der Waals surface area contributed by atoms with E-state index in [-0.39, 0.29) is 5.97 Å². The molecule has 0 N–H and O–H groups in total. The third-order valence-corrected chi connectivity index (χ3v) is 4.18. The van der Waals surface area contributed by atoms with Crippen molar-refractivity contribution in [3.8, 4) is 0 Å². The van der Waals surface area contributed by atoms with E-state index in [9.17, 15) is 4.79 Å². The molecule has 3 rings (SSSR count). The summed E-state index contributed by atoms with van der Waals surface area (Å²) in [6, 6.07) is 27.8. The predicted molar refractivity (Wildman–Crippen MR) is 95.7 cm³/mol. The molecule has 0 amide bonds. The molecular weight excluding hydrogens is 296 g/mol. The van der Waals surface area contributed by atoms with Crippen molar-refractivity contribution >= 4 is 5.97 Å². The maximum atomic E-state index is 12.1. The standard InChI is InChI=1S/C22H20O2/c1-17-11-9-10-16-21(17)22(24-18(2)23,19-12-5-3-6-13-19)20-14-7-4-8-15-20/h3-16H,1-2H3. The van der Waals surface area contributed by atoms with Crippen molar-refractivity contribution in [2.45, 2.75) is 19.4 Å². The van der Waals surface area contributed by atoms with Crippen LogP contribution < -0.4 is 0 Å². The van der Waals surface area contributed by atoms with Crippen LogP contribution in [0.25, 0.3) is 0 Å². The molecule has 0 bridgehead atoms. The van der Waals surface area contributed by atoms with Crippen LogP contribution in [0.3, 0.4) is 0 Å². The second-order valence-corrected chi connectivity index (χ2v) is 5.82. The lowest BCUT2D eigenvalue weighted by Crippen LogP contribution is -2.35. The van der Waals surface area contributed by atoms with Gasteiger partial charge in [-0.3, -0.25) is 4.79 Å². The maximum absolute atomic E-state index is 12.1. The van der Waals surface area contributed by atoms with E-state index < -0.39 is 5.60 Å². The van der Waals surface area contributed by atoms with Gasteiger partial charge in [-0.25, -0.2) is 0 Å². The van der Waals surface area contributed by atoms with Crippen LogP contribution in [0.5, 0.6) is 0 Å². The fraction of sp³-hybridized carbons (Fsp3) is 0.136. The van der Waals surface area contributed by atoms with Gasteiger partial charge in [-0.05, 0) is 12.5 Å². The fourth-order valence-electron chi connectivity index (χ4n) is 3.18. The van der Waals surface area contributed by atoms with Crippen LogP contribution in [-0.2, 0) is 15.1 Å². The molecule has 3 aromatic rings. The first-order chi connectivity index (χ1) is 11.6. The Morgan fingerprint density at radius 3 is 1.67 bits per heavy atom. The minimum Gasteiger partial charge on any atom is -0.444 e. The molecule has 2 heteroatoms. The number of benzene rings is 3. The molecular formula is C22H20O2. The molecule has 0 aliphatic rings. The zero-order chi connectivity index (χ0) is 17.0. The van der Waals surface area contributed by atoms with Gasteiger partial charge in [0.05, 0.1) is 0 Å². The molecule has 0 aromatic heterocycles. The van der Waals surface area contributed by atoms with Crippen LogP contribution in [0.4, 0.5) is 0 Å². The molecule has 0 aliphatic carbocycles. The largest absolute Gasteiger partial charge is 0.444 e. The summed E-state index contributed by atoms with van der Waals surface area (Å²) in [6.45, 7) is 3.50. The van der Waals surface area contributed by atoms with Crippen LogP contribution in [0.1, 0.15) is 29.2 Å². The molecule has 0 aliphatic heterocycles. The van der Waals surface area contributed by atoms with Gasteiger partial charge in [0.15, 0.2) is 5.60 Å². The zero-order valence-corrected chi connectivity index (χ0v) is 13.9. The Morgan fingerprint density at radius 1 is 0.750 bits per heavy atom. The number of rotatable bonds is 4. The summed E-state index contributed by atoms with van der Waals surface area (Å²) in [6.07, 6.45) is 0. The van der Waals surface area contributed by atoms with Gasteiger partial charge < -0.3 is 4.74 Å². The van der Waals surface area contributed by atoms with E-state index in [2.05, 4.69) is 0 Å². The second kappa shape index (κ2) is 6.71. The van der Waals surface area contributed by atoms with Gasteiger partial charge >= 0.3 is 5.97 Å². The third kappa shape index (κ3) is 2.83. The quantitative estimate of drug-likeness (QED) is 0.508. The molecule has 0 fully saturated rings. The van der Waals surface area contributed by atoms with Crippen molar-refractivity contribution in [1.82, 2.24) is 0 Å². The van der Waals surface area contributed by atoms with Gasteiger partial charge in [-0.1, -0.05) is 84.9 Å². The van der Waals surface area contributed by atoms with Gasteiger partial charge in [0, 0.05) is 23.6 Å². The van der Waals surface area contributed by atoms with Crippen LogP contribution in [0.15, 0.2) is 84.9 Å². The van der Waals surface area contributed by atoms with Gasteiger partial charge in [0.2, 0.25) is 0 Å². The molecule has 0 unspecified atom stereocenters. The van der Waals surface area contributed by atoms with Crippen LogP contribution in [-0.4, -0.2) is 5.97 Å². The summed E-state index contributed by atoms with van der Waals surface area (Å²) >= 11 is 0. The third-order valence-electron chi connectivity index (χ3n) is 4.18. The first-order valence-corrected chi connectivity index (χ1v) is 8.01. The van der Waals surface area contributed by atoms with E-state index in [4.69, 9.17) is 4.74 Å². The summed E-state index contributed by atoms with van der Waals surface area (Å²) in [5, 5.41) is 0. The minimum absolute atomic E-state index is 0.314. The Bertz CT molecular complexity index is 783. The van der Waals surface area contributed by atoms with E-state index in [0.29, 0.717) is 0 Å². The Morgan fingerprint density at radius 2 is 1.21 bits per heavy atom.